The molecule has 1 aromatic carbocycles. The van der Waals surface area contributed by atoms with Gasteiger partial charge in [0.1, 0.15) is 11.6 Å². The zero-order valence-electron chi connectivity index (χ0n) is 13.0. The molecule has 0 saturated carbocycles. The van der Waals surface area contributed by atoms with E-state index in [1.54, 1.807) is 0 Å². The molecule has 2 heterocycles. The summed E-state index contributed by atoms with van der Waals surface area (Å²) in [5, 5.41) is -0.0983. The zero-order valence-corrected chi connectivity index (χ0v) is 14.6. The highest BCUT2D eigenvalue weighted by Crippen LogP contribution is 2.20. The molecule has 0 amide bonds. The summed E-state index contributed by atoms with van der Waals surface area (Å²) in [7, 11) is -3.90. The number of pyridine rings is 1. The maximum Gasteiger partial charge on any atom is 0.239 e. The summed E-state index contributed by atoms with van der Waals surface area (Å²) < 4.78 is 53.4. The lowest BCUT2D eigenvalue weighted by Crippen LogP contribution is -2.17. The van der Waals surface area contributed by atoms with Crippen LogP contribution < -0.4 is 4.72 Å². The van der Waals surface area contributed by atoms with Crippen LogP contribution in [0.4, 0.5) is 14.7 Å². The maximum atomic E-state index is 13.4. The van der Waals surface area contributed by atoms with Gasteiger partial charge in [0.2, 0.25) is 16.0 Å². The fraction of sp³-hybridized carbons (Fsp3) is 0.0625. The molecule has 6 nitrogen and oxygen atoms in total. The molecule has 0 atom stereocenters. The van der Waals surface area contributed by atoms with E-state index < -0.39 is 27.4 Å². The maximum absolute atomic E-state index is 13.4. The van der Waals surface area contributed by atoms with E-state index >= 15 is 0 Å². The molecule has 1 N–H and O–H groups in total. The van der Waals surface area contributed by atoms with Crippen LogP contribution in [0.25, 0.3) is 11.3 Å². The van der Waals surface area contributed by atoms with E-state index in [2.05, 4.69) is 19.7 Å². The van der Waals surface area contributed by atoms with E-state index in [4.69, 9.17) is 11.6 Å². The molecule has 134 valence electrons. The molecule has 3 aromatic rings. The zero-order chi connectivity index (χ0) is 18.7. The Morgan fingerprint density at radius 1 is 1.12 bits per heavy atom. The van der Waals surface area contributed by atoms with Crippen LogP contribution in [0.1, 0.15) is 5.56 Å². The lowest BCUT2D eigenvalue weighted by atomic mass is 10.2. The van der Waals surface area contributed by atoms with Crippen molar-refractivity contribution < 1.29 is 17.2 Å². The third-order valence-electron chi connectivity index (χ3n) is 3.24. The van der Waals surface area contributed by atoms with Gasteiger partial charge in [0.15, 0.2) is 0 Å². The van der Waals surface area contributed by atoms with E-state index in [1.165, 1.54) is 36.7 Å². The highest BCUT2D eigenvalue weighted by atomic mass is 35.5. The van der Waals surface area contributed by atoms with Crippen LogP contribution in [0.2, 0.25) is 5.02 Å². The van der Waals surface area contributed by atoms with Crippen molar-refractivity contribution in [1.82, 2.24) is 15.0 Å². The topological polar surface area (TPSA) is 84.8 Å². The van der Waals surface area contributed by atoms with Crippen molar-refractivity contribution >= 4 is 27.6 Å². The largest absolute Gasteiger partial charge is 0.261 e. The molecular formula is C16H11ClF2N4O2S. The van der Waals surface area contributed by atoms with Gasteiger partial charge < -0.3 is 0 Å². The van der Waals surface area contributed by atoms with Gasteiger partial charge in [-0.05, 0) is 29.8 Å². The summed E-state index contributed by atoms with van der Waals surface area (Å²) in [5.74, 6) is -1.94. The van der Waals surface area contributed by atoms with Crippen molar-refractivity contribution in [3.63, 3.8) is 0 Å². The molecule has 0 spiro atoms. The first kappa shape index (κ1) is 18.2. The number of nitrogens with one attached hydrogen (secondary N) is 1. The highest BCUT2D eigenvalue weighted by Gasteiger charge is 2.15. The minimum absolute atomic E-state index is 0.0983. The number of sulfonamides is 1. The predicted molar refractivity (Wildman–Crippen MR) is 92.9 cm³/mol. The standard InChI is InChI=1S/C16H11ClF2N4O2S/c17-13-2-1-10(5-14(13)19)9-26(24,25)23-16-21-4-3-15(22-16)11-6-12(18)8-20-7-11/h1-8H,9H2,(H,21,22,23). The molecule has 0 fully saturated rings. The summed E-state index contributed by atoms with van der Waals surface area (Å²) in [5.41, 5.74) is 0.875. The van der Waals surface area contributed by atoms with Crippen molar-refractivity contribution in [2.24, 2.45) is 0 Å². The van der Waals surface area contributed by atoms with Crippen LogP contribution in [-0.2, 0) is 15.8 Å². The molecule has 0 radical (unpaired) electrons. The minimum Gasteiger partial charge on any atom is -0.261 e. The van der Waals surface area contributed by atoms with E-state index in [1.807, 2.05) is 0 Å². The molecular weight excluding hydrogens is 386 g/mol. The molecule has 0 aliphatic heterocycles. The number of halogens is 3. The number of hydrogen-bond acceptors (Lipinski definition) is 5. The van der Waals surface area contributed by atoms with Gasteiger partial charge in [-0.15, -0.1) is 0 Å². The Labute approximate surface area is 153 Å². The average Bonchev–Trinajstić information content (AvgIpc) is 2.58. The summed E-state index contributed by atoms with van der Waals surface area (Å²) in [6.07, 6.45) is 3.76. The third kappa shape index (κ3) is 4.50. The Balaban J connectivity index is 1.81. The van der Waals surface area contributed by atoms with Crippen molar-refractivity contribution in [3.8, 4) is 11.3 Å². The third-order valence-corrected chi connectivity index (χ3v) is 4.76. The van der Waals surface area contributed by atoms with Gasteiger partial charge >= 0.3 is 0 Å². The Morgan fingerprint density at radius 3 is 2.65 bits per heavy atom. The predicted octanol–water partition coefficient (Wildman–Crippen LogP) is 3.41. The monoisotopic (exact) mass is 396 g/mol. The van der Waals surface area contributed by atoms with Crippen molar-refractivity contribution in [3.05, 3.63) is 71.1 Å². The van der Waals surface area contributed by atoms with Crippen LogP contribution >= 0.6 is 11.6 Å². The van der Waals surface area contributed by atoms with Gasteiger partial charge in [0.25, 0.3) is 0 Å². The molecule has 0 aliphatic carbocycles. The van der Waals surface area contributed by atoms with E-state index in [-0.39, 0.29) is 16.5 Å². The van der Waals surface area contributed by atoms with Gasteiger partial charge in [-0.2, -0.15) is 0 Å². The first-order valence-corrected chi connectivity index (χ1v) is 9.24. The number of nitrogens with zero attached hydrogens (tertiary/aromatic N) is 3. The molecule has 0 bridgehead atoms. The normalized spacial score (nSPS) is 11.3. The van der Waals surface area contributed by atoms with Gasteiger partial charge in [-0.1, -0.05) is 17.7 Å². The second kappa shape index (κ2) is 7.30. The Morgan fingerprint density at radius 2 is 1.92 bits per heavy atom. The first-order chi connectivity index (χ1) is 12.3. The van der Waals surface area contributed by atoms with Gasteiger partial charge in [0.05, 0.1) is 22.7 Å². The van der Waals surface area contributed by atoms with Crippen LogP contribution in [0.5, 0.6) is 0 Å². The molecule has 2 aromatic heterocycles. The molecule has 0 unspecified atom stereocenters. The van der Waals surface area contributed by atoms with Crippen molar-refractivity contribution in [2.45, 2.75) is 5.75 Å². The van der Waals surface area contributed by atoms with Gasteiger partial charge in [-0.25, -0.2) is 27.2 Å². The van der Waals surface area contributed by atoms with Gasteiger partial charge in [-0.3, -0.25) is 9.71 Å². The summed E-state index contributed by atoms with van der Waals surface area (Å²) >= 11 is 5.58. The number of anilines is 1. The number of hydrogen-bond donors (Lipinski definition) is 1. The SMILES string of the molecule is O=S(=O)(Cc1ccc(Cl)c(F)c1)Nc1nccc(-c2cncc(F)c2)n1. The van der Waals surface area contributed by atoms with Crippen LogP contribution in [0, 0.1) is 11.6 Å². The Kier molecular flexibility index (Phi) is 5.10. The lowest BCUT2D eigenvalue weighted by molar-refractivity contribution is 0.599. The molecule has 26 heavy (non-hydrogen) atoms. The van der Waals surface area contributed by atoms with E-state index in [9.17, 15) is 17.2 Å². The highest BCUT2D eigenvalue weighted by molar-refractivity contribution is 7.91. The summed E-state index contributed by atoms with van der Waals surface area (Å²) in [4.78, 5) is 11.6. The van der Waals surface area contributed by atoms with Crippen LogP contribution in [0.3, 0.4) is 0 Å². The molecule has 0 aliphatic rings. The molecule has 10 heteroatoms. The first-order valence-electron chi connectivity index (χ1n) is 7.21. The van der Waals surface area contributed by atoms with Crippen LogP contribution in [-0.4, -0.2) is 23.4 Å². The van der Waals surface area contributed by atoms with Crippen molar-refractivity contribution in [1.29, 1.82) is 0 Å². The summed E-state index contributed by atoms with van der Waals surface area (Å²) in [6, 6.07) is 6.42. The molecule has 0 saturated heterocycles. The summed E-state index contributed by atoms with van der Waals surface area (Å²) in [6.45, 7) is 0. The number of rotatable bonds is 5. The van der Waals surface area contributed by atoms with E-state index in [0.717, 1.165) is 12.3 Å². The smallest absolute Gasteiger partial charge is 0.239 e. The minimum atomic E-state index is -3.90. The fourth-order valence-corrected chi connectivity index (χ4v) is 3.33. The Bertz CT molecular complexity index is 1060. The fourth-order valence-electron chi connectivity index (χ4n) is 2.14. The second-order valence-corrected chi connectivity index (χ2v) is 7.40. The van der Waals surface area contributed by atoms with Crippen molar-refractivity contribution in [2.75, 3.05) is 4.72 Å². The average molecular weight is 397 g/mol. The quantitative estimate of drug-likeness (QED) is 0.714. The number of aromatic nitrogens is 3. The second-order valence-electron chi connectivity index (χ2n) is 5.27. The lowest BCUT2D eigenvalue weighted by Gasteiger charge is -2.08. The Hall–Kier alpha value is -2.65. The van der Waals surface area contributed by atoms with E-state index in [0.29, 0.717) is 11.3 Å². The van der Waals surface area contributed by atoms with Gasteiger partial charge in [0, 0.05) is 18.0 Å². The number of benzene rings is 1. The van der Waals surface area contributed by atoms with Crippen LogP contribution in [0.15, 0.2) is 48.9 Å². The molecule has 3 rings (SSSR count).